The molecule has 82 valence electrons. The number of aliphatic imine (C=N–C) groups is 1. The molecule has 15 heavy (non-hydrogen) atoms. The van der Waals surface area contributed by atoms with E-state index in [2.05, 4.69) is 4.99 Å². The summed E-state index contributed by atoms with van der Waals surface area (Å²) >= 11 is 7.03. The Hall–Kier alpha value is -0.300. The van der Waals surface area contributed by atoms with E-state index in [9.17, 15) is 13.2 Å². The Labute approximate surface area is 103 Å². The van der Waals surface area contributed by atoms with E-state index in [4.69, 9.17) is 11.6 Å². The van der Waals surface area contributed by atoms with E-state index in [1.54, 1.807) is 12.1 Å². The van der Waals surface area contributed by atoms with Crippen LogP contribution in [0.25, 0.3) is 0 Å². The highest BCUT2D eigenvalue weighted by Gasteiger charge is 2.34. The van der Waals surface area contributed by atoms with Crippen molar-refractivity contribution < 1.29 is 13.2 Å². The number of alkyl halides is 3. The van der Waals surface area contributed by atoms with Crippen LogP contribution < -0.4 is 0 Å². The fourth-order valence-electron chi connectivity index (χ4n) is 0.828. The van der Waals surface area contributed by atoms with Crippen molar-refractivity contribution in [3.63, 3.8) is 0 Å². The number of hydrogen-bond acceptors (Lipinski definition) is 1. The number of hydrogen-bond donors (Lipinski definition) is 0. The first kappa shape index (κ1) is 12.8. The Morgan fingerprint density at radius 2 is 2.00 bits per heavy atom. The molecule has 0 atom stereocenters. The van der Waals surface area contributed by atoms with Crippen molar-refractivity contribution in [2.24, 2.45) is 4.99 Å². The van der Waals surface area contributed by atoms with Crippen LogP contribution in [-0.4, -0.2) is 11.3 Å². The topological polar surface area (TPSA) is 12.4 Å². The van der Waals surface area contributed by atoms with Gasteiger partial charge in [-0.2, -0.15) is 13.2 Å². The predicted octanol–water partition coefficient (Wildman–Crippen LogP) is 4.43. The van der Waals surface area contributed by atoms with Crippen molar-refractivity contribution >= 4 is 45.1 Å². The van der Waals surface area contributed by atoms with Gasteiger partial charge in [0.25, 0.3) is 0 Å². The fraction of sp³-hybridized carbons (Fsp3) is 0.222. The van der Waals surface area contributed by atoms with Gasteiger partial charge < -0.3 is 0 Å². The first-order valence-electron chi connectivity index (χ1n) is 3.88. The maximum atomic E-state index is 12.1. The highest BCUT2D eigenvalue weighted by molar-refractivity contribution is 14.1. The van der Waals surface area contributed by atoms with Gasteiger partial charge in [-0.25, -0.2) is 4.99 Å². The molecule has 1 nitrogen and oxygen atoms in total. The molecule has 1 aromatic carbocycles. The number of halogens is 5. The van der Waals surface area contributed by atoms with E-state index < -0.39 is 11.3 Å². The molecule has 0 N–H and O–H groups in total. The molecule has 1 aromatic rings. The Bertz CT molecular complexity index is 401. The zero-order chi connectivity index (χ0) is 11.6. The summed E-state index contributed by atoms with van der Waals surface area (Å²) in [4.78, 5) is 3.28. The summed E-state index contributed by atoms with van der Waals surface area (Å²) in [6, 6.07) is 4.73. The number of rotatable bonds is 1. The highest BCUT2D eigenvalue weighted by Crippen LogP contribution is 2.25. The SMILES string of the molecule is Cc1ccc(N=C(Cl)C(F)(F)F)cc1I. The number of benzene rings is 1. The van der Waals surface area contributed by atoms with Crippen LogP contribution in [-0.2, 0) is 0 Å². The first-order chi connectivity index (χ1) is 6.80. The van der Waals surface area contributed by atoms with Gasteiger partial charge in [-0.1, -0.05) is 17.7 Å². The highest BCUT2D eigenvalue weighted by atomic mass is 127. The summed E-state index contributed by atoms with van der Waals surface area (Å²) in [5, 5.41) is -1.36. The molecule has 0 bridgehead atoms. The van der Waals surface area contributed by atoms with Crippen molar-refractivity contribution in [2.75, 3.05) is 0 Å². The summed E-state index contributed by atoms with van der Waals surface area (Å²) in [7, 11) is 0. The number of aryl methyl sites for hydroxylation is 1. The molecule has 0 amide bonds. The van der Waals surface area contributed by atoms with Crippen LogP contribution in [0.1, 0.15) is 5.56 Å². The molecule has 0 radical (unpaired) electrons. The zero-order valence-electron chi connectivity index (χ0n) is 7.57. The van der Waals surface area contributed by atoms with Gasteiger partial charge >= 0.3 is 6.18 Å². The minimum absolute atomic E-state index is 0.201. The monoisotopic (exact) mass is 347 g/mol. The molecule has 0 aromatic heterocycles. The van der Waals surface area contributed by atoms with Gasteiger partial charge in [0, 0.05) is 3.57 Å². The Kier molecular flexibility index (Phi) is 3.99. The molecule has 0 fully saturated rings. The average Bonchev–Trinajstić information content (AvgIpc) is 2.10. The molecule has 0 aliphatic heterocycles. The third-order valence-corrected chi connectivity index (χ3v) is 3.08. The van der Waals surface area contributed by atoms with Crippen molar-refractivity contribution in [3.8, 4) is 0 Å². The minimum atomic E-state index is -4.59. The molecule has 1 rings (SSSR count). The van der Waals surface area contributed by atoms with Crippen LogP contribution >= 0.6 is 34.2 Å². The quantitative estimate of drug-likeness (QED) is 0.526. The molecular weight excluding hydrogens is 341 g/mol. The predicted molar refractivity (Wildman–Crippen MR) is 62.9 cm³/mol. The molecule has 0 saturated heterocycles. The molecule has 0 spiro atoms. The van der Waals surface area contributed by atoms with Gasteiger partial charge in [0.05, 0.1) is 5.69 Å². The van der Waals surface area contributed by atoms with Gasteiger partial charge in [0.1, 0.15) is 0 Å². The number of nitrogens with zero attached hydrogens (tertiary/aromatic N) is 1. The maximum Gasteiger partial charge on any atom is 0.444 e. The first-order valence-corrected chi connectivity index (χ1v) is 5.34. The van der Waals surface area contributed by atoms with Crippen molar-refractivity contribution in [1.82, 2.24) is 0 Å². The molecule has 6 heteroatoms. The van der Waals surface area contributed by atoms with Crippen molar-refractivity contribution in [1.29, 1.82) is 0 Å². The van der Waals surface area contributed by atoms with Gasteiger partial charge in [-0.3, -0.25) is 0 Å². The van der Waals surface area contributed by atoms with Gasteiger partial charge in [-0.15, -0.1) is 0 Å². The molecule has 0 unspecified atom stereocenters. The van der Waals surface area contributed by atoms with Gasteiger partial charge in [0.2, 0.25) is 5.17 Å². The van der Waals surface area contributed by atoms with Crippen LogP contribution in [0, 0.1) is 10.5 Å². The lowest BCUT2D eigenvalue weighted by atomic mass is 10.2. The van der Waals surface area contributed by atoms with Crippen LogP contribution in [0.2, 0.25) is 0 Å². The Balaban J connectivity index is 3.04. The second kappa shape index (κ2) is 4.69. The zero-order valence-corrected chi connectivity index (χ0v) is 10.5. The lowest BCUT2D eigenvalue weighted by Crippen LogP contribution is -2.16. The van der Waals surface area contributed by atoms with Crippen molar-refractivity contribution in [3.05, 3.63) is 27.3 Å². The average molecular weight is 348 g/mol. The van der Waals surface area contributed by atoms with E-state index in [0.29, 0.717) is 0 Å². The van der Waals surface area contributed by atoms with Crippen LogP contribution in [0.5, 0.6) is 0 Å². The Morgan fingerprint density at radius 3 is 2.47 bits per heavy atom. The fourth-order valence-corrected chi connectivity index (χ4v) is 1.42. The largest absolute Gasteiger partial charge is 0.444 e. The smallest absolute Gasteiger partial charge is 0.232 e. The lowest BCUT2D eigenvalue weighted by molar-refractivity contribution is -0.0558. The van der Waals surface area contributed by atoms with E-state index in [1.807, 2.05) is 29.5 Å². The Morgan fingerprint density at radius 1 is 1.40 bits per heavy atom. The molecule has 0 heterocycles. The lowest BCUT2D eigenvalue weighted by Gasteiger charge is -2.04. The second-order valence-electron chi connectivity index (χ2n) is 2.83. The standard InChI is InChI=1S/C9H6ClF3IN/c1-5-2-3-6(4-7(5)14)15-8(10)9(11,12)13/h2-4H,1H3. The van der Waals surface area contributed by atoms with Crippen LogP contribution in [0.4, 0.5) is 18.9 Å². The van der Waals surface area contributed by atoms with Crippen LogP contribution in [0.15, 0.2) is 23.2 Å². The van der Waals surface area contributed by atoms with Gasteiger partial charge in [-0.05, 0) is 47.2 Å². The summed E-state index contributed by atoms with van der Waals surface area (Å²) in [5.41, 5.74) is 1.19. The molecular formula is C9H6ClF3IN. The van der Waals surface area contributed by atoms with Gasteiger partial charge in [0.15, 0.2) is 0 Å². The second-order valence-corrected chi connectivity index (χ2v) is 4.35. The summed E-state index contributed by atoms with van der Waals surface area (Å²) in [6.45, 7) is 1.86. The maximum absolute atomic E-state index is 12.1. The summed E-state index contributed by atoms with van der Waals surface area (Å²) in [5.74, 6) is 0. The summed E-state index contributed by atoms with van der Waals surface area (Å²) < 4.78 is 37.0. The van der Waals surface area contributed by atoms with E-state index >= 15 is 0 Å². The molecule has 0 aliphatic rings. The minimum Gasteiger partial charge on any atom is -0.232 e. The molecule has 0 saturated carbocycles. The van der Waals surface area contributed by atoms with Crippen molar-refractivity contribution in [2.45, 2.75) is 13.1 Å². The third-order valence-electron chi connectivity index (χ3n) is 1.62. The van der Waals surface area contributed by atoms with E-state index in [-0.39, 0.29) is 5.69 Å². The molecule has 0 aliphatic carbocycles. The van der Waals surface area contributed by atoms with Crippen LogP contribution in [0.3, 0.4) is 0 Å². The van der Waals surface area contributed by atoms with E-state index in [1.165, 1.54) is 6.07 Å². The summed E-state index contributed by atoms with van der Waals surface area (Å²) in [6.07, 6.45) is -4.59. The third kappa shape index (κ3) is 3.64. The van der Waals surface area contributed by atoms with E-state index in [0.717, 1.165) is 9.13 Å². The normalized spacial score (nSPS) is 13.1.